The summed E-state index contributed by atoms with van der Waals surface area (Å²) in [5.41, 5.74) is 4.21. The molecular weight excluding hydrogens is 224 g/mol. The average molecular weight is 247 g/mol. The zero-order chi connectivity index (χ0) is 13.6. The standard InChI is InChI=1S/C15H22N2O/c1-5-10-14(13-11-8-7-9-12-13)17(3,4)16-15(18)6-2/h6-9,11-12,14H,2,5,10H2,1,3-4H3/p+1. The van der Waals surface area contributed by atoms with Gasteiger partial charge in [-0.05, 0) is 0 Å². The predicted octanol–water partition coefficient (Wildman–Crippen LogP) is 2.82. The van der Waals surface area contributed by atoms with E-state index in [1.165, 1.54) is 11.6 Å². The number of benzene rings is 1. The molecule has 98 valence electrons. The molecule has 0 aliphatic heterocycles. The molecule has 0 bridgehead atoms. The van der Waals surface area contributed by atoms with Crippen LogP contribution in [0.5, 0.6) is 0 Å². The first-order valence-electron chi connectivity index (χ1n) is 6.34. The fourth-order valence-corrected chi connectivity index (χ4v) is 2.22. The van der Waals surface area contributed by atoms with Gasteiger partial charge in [0.25, 0.3) is 5.91 Å². The third kappa shape index (κ3) is 3.70. The summed E-state index contributed by atoms with van der Waals surface area (Å²) in [6.07, 6.45) is 3.41. The lowest BCUT2D eigenvalue weighted by Crippen LogP contribution is -2.55. The van der Waals surface area contributed by atoms with Crippen molar-refractivity contribution in [2.75, 3.05) is 14.1 Å². The molecule has 0 aliphatic carbocycles. The van der Waals surface area contributed by atoms with Crippen LogP contribution in [-0.2, 0) is 4.79 Å². The van der Waals surface area contributed by atoms with Gasteiger partial charge in [0.05, 0.1) is 14.1 Å². The first kappa shape index (κ1) is 14.5. The number of hydrogen-bond donors (Lipinski definition) is 1. The highest BCUT2D eigenvalue weighted by Gasteiger charge is 2.30. The maximum absolute atomic E-state index is 11.5. The first-order chi connectivity index (χ1) is 8.51. The molecule has 3 nitrogen and oxygen atoms in total. The number of amides is 1. The van der Waals surface area contributed by atoms with Gasteiger partial charge in [0, 0.05) is 18.1 Å². The lowest BCUT2D eigenvalue weighted by Gasteiger charge is -2.37. The maximum atomic E-state index is 11.5. The van der Waals surface area contributed by atoms with Crippen molar-refractivity contribution in [1.29, 1.82) is 0 Å². The van der Waals surface area contributed by atoms with E-state index in [1.807, 2.05) is 32.3 Å². The van der Waals surface area contributed by atoms with Gasteiger partial charge in [0.2, 0.25) is 0 Å². The number of quaternary nitrogens is 1. The second-order valence-corrected chi connectivity index (χ2v) is 4.94. The van der Waals surface area contributed by atoms with Gasteiger partial charge in [-0.1, -0.05) is 50.3 Å². The lowest BCUT2D eigenvalue weighted by molar-refractivity contribution is -0.954. The van der Waals surface area contributed by atoms with Crippen molar-refractivity contribution < 1.29 is 9.39 Å². The molecule has 1 aromatic rings. The second kappa shape index (κ2) is 6.36. The first-order valence-corrected chi connectivity index (χ1v) is 6.34. The Bertz CT molecular complexity index is 398. The Morgan fingerprint density at radius 2 is 2.00 bits per heavy atom. The Morgan fingerprint density at radius 1 is 1.39 bits per heavy atom. The molecule has 1 atom stereocenters. The number of carbonyl (C=O) groups excluding carboxylic acids is 1. The van der Waals surface area contributed by atoms with E-state index in [0.717, 1.165) is 12.8 Å². The van der Waals surface area contributed by atoms with Crippen molar-refractivity contribution in [3.05, 3.63) is 48.6 Å². The van der Waals surface area contributed by atoms with Crippen molar-refractivity contribution in [2.45, 2.75) is 25.8 Å². The topological polar surface area (TPSA) is 29.1 Å². The second-order valence-electron chi connectivity index (χ2n) is 4.94. The molecule has 1 amide bonds. The molecule has 0 spiro atoms. The van der Waals surface area contributed by atoms with Gasteiger partial charge < -0.3 is 0 Å². The molecule has 0 radical (unpaired) electrons. The van der Waals surface area contributed by atoms with Crippen LogP contribution in [0.3, 0.4) is 0 Å². The van der Waals surface area contributed by atoms with Crippen molar-refractivity contribution in [2.24, 2.45) is 0 Å². The molecule has 0 aromatic heterocycles. The molecule has 0 saturated carbocycles. The summed E-state index contributed by atoms with van der Waals surface area (Å²) < 4.78 is 0.433. The summed E-state index contributed by atoms with van der Waals surface area (Å²) in [7, 11) is 4.02. The zero-order valence-electron chi connectivity index (χ0n) is 11.5. The van der Waals surface area contributed by atoms with Gasteiger partial charge in [-0.3, -0.25) is 4.79 Å². The van der Waals surface area contributed by atoms with Crippen molar-refractivity contribution in [3.8, 4) is 0 Å². The highest BCUT2D eigenvalue weighted by molar-refractivity contribution is 5.85. The van der Waals surface area contributed by atoms with Crippen molar-refractivity contribution in [1.82, 2.24) is 5.43 Å². The van der Waals surface area contributed by atoms with Crippen molar-refractivity contribution >= 4 is 5.91 Å². The van der Waals surface area contributed by atoms with E-state index in [-0.39, 0.29) is 11.9 Å². The van der Waals surface area contributed by atoms with Crippen LogP contribution in [0.1, 0.15) is 31.4 Å². The third-order valence-electron chi connectivity index (χ3n) is 3.11. The van der Waals surface area contributed by atoms with Crippen LogP contribution in [0.15, 0.2) is 43.0 Å². The summed E-state index contributed by atoms with van der Waals surface area (Å²) in [5.74, 6) is -0.142. The number of hydrogen-bond acceptors (Lipinski definition) is 1. The molecule has 0 aliphatic rings. The highest BCUT2D eigenvalue weighted by atomic mass is 16.2. The normalized spacial score (nSPS) is 12.8. The monoisotopic (exact) mass is 247 g/mol. The van der Waals surface area contributed by atoms with Gasteiger partial charge in [0.15, 0.2) is 0 Å². The van der Waals surface area contributed by atoms with E-state index in [4.69, 9.17) is 0 Å². The van der Waals surface area contributed by atoms with E-state index in [1.54, 1.807) is 0 Å². The molecule has 0 saturated heterocycles. The minimum absolute atomic E-state index is 0.142. The van der Waals surface area contributed by atoms with E-state index < -0.39 is 0 Å². The smallest absolute Gasteiger partial charge is 0.265 e. The molecular formula is C15H23N2O+. The molecule has 3 heteroatoms. The van der Waals surface area contributed by atoms with Gasteiger partial charge in [-0.15, -0.1) is 0 Å². The Kier molecular flexibility index (Phi) is 5.10. The average Bonchev–Trinajstić information content (AvgIpc) is 2.36. The number of nitrogens with zero attached hydrogens (tertiary/aromatic N) is 1. The van der Waals surface area contributed by atoms with Crippen LogP contribution < -0.4 is 5.43 Å². The summed E-state index contributed by atoms with van der Waals surface area (Å²) in [5, 5.41) is 0. The summed E-state index contributed by atoms with van der Waals surface area (Å²) >= 11 is 0. The highest BCUT2D eigenvalue weighted by Crippen LogP contribution is 2.27. The quantitative estimate of drug-likeness (QED) is 0.467. The number of rotatable bonds is 6. The van der Waals surface area contributed by atoms with Crippen LogP contribution in [0.2, 0.25) is 0 Å². The van der Waals surface area contributed by atoms with E-state index in [2.05, 4.69) is 31.1 Å². The molecule has 1 rings (SSSR count). The van der Waals surface area contributed by atoms with Gasteiger partial charge in [-0.25, -0.2) is 4.59 Å². The third-order valence-corrected chi connectivity index (χ3v) is 3.11. The number of nitrogens with one attached hydrogen (secondary N) is 1. The lowest BCUT2D eigenvalue weighted by atomic mass is 10.0. The van der Waals surface area contributed by atoms with Crippen LogP contribution in [0.4, 0.5) is 0 Å². The molecule has 1 aromatic carbocycles. The maximum Gasteiger partial charge on any atom is 0.288 e. The summed E-state index contributed by atoms with van der Waals surface area (Å²) in [6.45, 7) is 5.66. The van der Waals surface area contributed by atoms with Crippen LogP contribution in [0, 0.1) is 0 Å². The summed E-state index contributed by atoms with van der Waals surface area (Å²) in [4.78, 5) is 11.5. The van der Waals surface area contributed by atoms with E-state index >= 15 is 0 Å². The van der Waals surface area contributed by atoms with Crippen LogP contribution >= 0.6 is 0 Å². The Hall–Kier alpha value is -1.61. The minimum atomic E-state index is -0.142. The largest absolute Gasteiger partial charge is 0.288 e. The van der Waals surface area contributed by atoms with E-state index in [9.17, 15) is 4.79 Å². The fraction of sp³-hybridized carbons (Fsp3) is 0.400. The number of carbonyl (C=O) groups is 1. The Labute approximate surface area is 110 Å². The van der Waals surface area contributed by atoms with Gasteiger partial charge in [0.1, 0.15) is 6.04 Å². The van der Waals surface area contributed by atoms with Gasteiger partial charge >= 0.3 is 0 Å². The minimum Gasteiger partial charge on any atom is -0.265 e. The van der Waals surface area contributed by atoms with Crippen molar-refractivity contribution in [3.63, 3.8) is 0 Å². The SMILES string of the molecule is C=CC(=O)N[N+](C)(C)C(CCC)c1ccccc1. The predicted molar refractivity (Wildman–Crippen MR) is 74.5 cm³/mol. The van der Waals surface area contributed by atoms with Crippen LogP contribution in [0.25, 0.3) is 0 Å². The molecule has 18 heavy (non-hydrogen) atoms. The molecule has 1 unspecified atom stereocenters. The fourth-order valence-electron chi connectivity index (χ4n) is 2.22. The van der Waals surface area contributed by atoms with Crippen LogP contribution in [-0.4, -0.2) is 24.6 Å². The van der Waals surface area contributed by atoms with E-state index in [0.29, 0.717) is 4.59 Å². The summed E-state index contributed by atoms with van der Waals surface area (Å²) in [6, 6.07) is 10.6. The molecule has 0 heterocycles. The molecule has 1 N–H and O–H groups in total. The molecule has 0 fully saturated rings. The zero-order valence-corrected chi connectivity index (χ0v) is 11.5. The Morgan fingerprint density at radius 3 is 2.50 bits per heavy atom. The Balaban J connectivity index is 2.97. The van der Waals surface area contributed by atoms with Gasteiger partial charge in [-0.2, -0.15) is 5.43 Å².